The van der Waals surface area contributed by atoms with Crippen molar-refractivity contribution in [1.29, 1.82) is 0 Å². The van der Waals surface area contributed by atoms with Crippen LogP contribution in [0, 0.1) is 0 Å². The Morgan fingerprint density at radius 2 is 1.70 bits per heavy atom. The number of aromatic carboxylic acids is 1. The number of benzene rings is 2. The molecule has 2 N–H and O–H groups in total. The minimum absolute atomic E-state index is 0.0299. The van der Waals surface area contributed by atoms with Crippen LogP contribution in [0.15, 0.2) is 48.5 Å². The van der Waals surface area contributed by atoms with Crippen molar-refractivity contribution in [3.05, 3.63) is 59.7 Å². The van der Waals surface area contributed by atoms with Gasteiger partial charge in [0.05, 0.1) is 24.8 Å². The van der Waals surface area contributed by atoms with E-state index >= 15 is 0 Å². The molecule has 0 bridgehead atoms. The SMILES string of the molecule is COc1ccc(C(=O)CC(=O)Nc2ccccc2C(=O)O)cc1. The van der Waals surface area contributed by atoms with Gasteiger partial charge in [0.2, 0.25) is 5.91 Å². The lowest BCUT2D eigenvalue weighted by atomic mass is 10.1. The molecule has 0 saturated heterocycles. The van der Waals surface area contributed by atoms with E-state index in [-0.39, 0.29) is 23.5 Å². The van der Waals surface area contributed by atoms with E-state index in [0.29, 0.717) is 11.3 Å². The van der Waals surface area contributed by atoms with Gasteiger partial charge in [-0.1, -0.05) is 12.1 Å². The highest BCUT2D eigenvalue weighted by molar-refractivity contribution is 6.12. The molecule has 0 radical (unpaired) electrons. The summed E-state index contributed by atoms with van der Waals surface area (Å²) in [4.78, 5) is 35.1. The first kappa shape index (κ1) is 16.2. The molecule has 0 heterocycles. The zero-order chi connectivity index (χ0) is 16.8. The highest BCUT2D eigenvalue weighted by Gasteiger charge is 2.15. The zero-order valence-corrected chi connectivity index (χ0v) is 12.4. The third-order valence-electron chi connectivity index (χ3n) is 3.16. The lowest BCUT2D eigenvalue weighted by Gasteiger charge is -2.08. The number of methoxy groups -OCH3 is 1. The number of ketones is 1. The Balaban J connectivity index is 2.04. The Kier molecular flexibility index (Phi) is 5.09. The average Bonchev–Trinajstić information content (AvgIpc) is 2.55. The third kappa shape index (κ3) is 4.16. The number of rotatable bonds is 6. The van der Waals surface area contributed by atoms with Gasteiger partial charge in [-0.25, -0.2) is 4.79 Å². The predicted octanol–water partition coefficient (Wildman–Crippen LogP) is 2.60. The standard InChI is InChI=1S/C17H15NO5/c1-23-12-8-6-11(7-9-12)15(19)10-16(20)18-14-5-3-2-4-13(14)17(21)22/h2-9H,10H2,1H3,(H,18,20)(H,21,22). The molecule has 0 saturated carbocycles. The number of anilines is 1. The van der Waals surface area contributed by atoms with E-state index in [4.69, 9.17) is 9.84 Å². The maximum Gasteiger partial charge on any atom is 0.337 e. The lowest BCUT2D eigenvalue weighted by molar-refractivity contribution is -0.115. The zero-order valence-electron chi connectivity index (χ0n) is 12.4. The topological polar surface area (TPSA) is 92.7 Å². The van der Waals surface area contributed by atoms with Crippen LogP contribution >= 0.6 is 0 Å². The molecule has 0 aliphatic rings. The molecule has 23 heavy (non-hydrogen) atoms. The first-order valence-electron chi connectivity index (χ1n) is 6.80. The molecule has 118 valence electrons. The minimum Gasteiger partial charge on any atom is -0.497 e. The third-order valence-corrected chi connectivity index (χ3v) is 3.16. The molecule has 0 atom stereocenters. The molecule has 0 aliphatic heterocycles. The fourth-order valence-corrected chi connectivity index (χ4v) is 2.00. The molecule has 2 aromatic rings. The van der Waals surface area contributed by atoms with Crippen LogP contribution in [0.3, 0.4) is 0 Å². The van der Waals surface area contributed by atoms with Crippen LogP contribution in [0.25, 0.3) is 0 Å². The summed E-state index contributed by atoms with van der Waals surface area (Å²) >= 11 is 0. The summed E-state index contributed by atoms with van der Waals surface area (Å²) in [5.41, 5.74) is 0.512. The first-order chi connectivity index (χ1) is 11.0. The van der Waals surface area contributed by atoms with E-state index in [1.807, 2.05) is 0 Å². The summed E-state index contributed by atoms with van der Waals surface area (Å²) < 4.78 is 5.00. The number of carboxylic acids is 1. The van der Waals surface area contributed by atoms with Crippen LogP contribution in [0.4, 0.5) is 5.69 Å². The van der Waals surface area contributed by atoms with Gasteiger partial charge in [-0.2, -0.15) is 0 Å². The van der Waals surface area contributed by atoms with Crippen molar-refractivity contribution in [3.8, 4) is 5.75 Å². The quantitative estimate of drug-likeness (QED) is 0.631. The van der Waals surface area contributed by atoms with Crippen molar-refractivity contribution in [2.24, 2.45) is 0 Å². The number of Topliss-reactive ketones (excluding diaryl/α,β-unsaturated/α-hetero) is 1. The monoisotopic (exact) mass is 313 g/mol. The second-order valence-corrected chi connectivity index (χ2v) is 4.73. The highest BCUT2D eigenvalue weighted by Crippen LogP contribution is 2.16. The van der Waals surface area contributed by atoms with Gasteiger partial charge in [0.25, 0.3) is 0 Å². The molecule has 1 amide bonds. The summed E-state index contributed by atoms with van der Waals surface area (Å²) in [5.74, 6) is -1.47. The number of nitrogens with one attached hydrogen (secondary N) is 1. The number of carbonyl (C=O) groups is 3. The van der Waals surface area contributed by atoms with Crippen molar-refractivity contribution in [2.45, 2.75) is 6.42 Å². The second-order valence-electron chi connectivity index (χ2n) is 4.73. The van der Waals surface area contributed by atoms with E-state index in [0.717, 1.165) is 0 Å². The molecular formula is C17H15NO5. The first-order valence-corrected chi connectivity index (χ1v) is 6.80. The normalized spacial score (nSPS) is 9.96. The molecule has 6 heteroatoms. The summed E-state index contributed by atoms with van der Waals surface area (Å²) in [7, 11) is 1.52. The largest absolute Gasteiger partial charge is 0.497 e. The van der Waals surface area contributed by atoms with Crippen molar-refractivity contribution in [3.63, 3.8) is 0 Å². The van der Waals surface area contributed by atoms with Gasteiger partial charge in [-0.15, -0.1) is 0 Å². The molecule has 0 spiro atoms. The predicted molar refractivity (Wildman–Crippen MR) is 84.0 cm³/mol. The van der Waals surface area contributed by atoms with Crippen LogP contribution < -0.4 is 10.1 Å². The van der Waals surface area contributed by atoms with Crippen LogP contribution in [0.2, 0.25) is 0 Å². The number of ether oxygens (including phenoxy) is 1. The average molecular weight is 313 g/mol. The van der Waals surface area contributed by atoms with Gasteiger partial charge in [0, 0.05) is 5.56 Å². The molecule has 2 rings (SSSR count). The summed E-state index contributed by atoms with van der Waals surface area (Å²) in [6, 6.07) is 12.4. The van der Waals surface area contributed by atoms with E-state index < -0.39 is 11.9 Å². The Bertz CT molecular complexity index is 737. The summed E-state index contributed by atoms with van der Waals surface area (Å²) in [6.07, 6.45) is -0.375. The molecule has 0 aromatic heterocycles. The Hall–Kier alpha value is -3.15. The highest BCUT2D eigenvalue weighted by atomic mass is 16.5. The number of carboxylic acid groups (broad SMARTS) is 1. The molecule has 0 unspecified atom stereocenters. The number of carbonyl (C=O) groups excluding carboxylic acids is 2. The Morgan fingerprint density at radius 3 is 2.30 bits per heavy atom. The molecular weight excluding hydrogens is 298 g/mol. The second kappa shape index (κ2) is 7.22. The van der Waals surface area contributed by atoms with E-state index in [2.05, 4.69) is 5.32 Å². The van der Waals surface area contributed by atoms with Crippen molar-refractivity contribution in [2.75, 3.05) is 12.4 Å². The number of hydrogen-bond acceptors (Lipinski definition) is 4. The van der Waals surface area contributed by atoms with Crippen molar-refractivity contribution in [1.82, 2.24) is 0 Å². The smallest absolute Gasteiger partial charge is 0.337 e. The number of amides is 1. The van der Waals surface area contributed by atoms with Gasteiger partial charge < -0.3 is 15.2 Å². The lowest BCUT2D eigenvalue weighted by Crippen LogP contribution is -2.18. The van der Waals surface area contributed by atoms with Gasteiger partial charge in [-0.3, -0.25) is 9.59 Å². The number of para-hydroxylation sites is 1. The maximum atomic E-state index is 12.0. The fraction of sp³-hybridized carbons (Fsp3) is 0.118. The Morgan fingerprint density at radius 1 is 1.04 bits per heavy atom. The Labute approximate surface area is 132 Å². The minimum atomic E-state index is -1.15. The van der Waals surface area contributed by atoms with Crippen LogP contribution in [-0.2, 0) is 4.79 Å². The van der Waals surface area contributed by atoms with Gasteiger partial charge >= 0.3 is 5.97 Å². The van der Waals surface area contributed by atoms with Gasteiger partial charge in [0.15, 0.2) is 5.78 Å². The van der Waals surface area contributed by atoms with Crippen LogP contribution in [0.5, 0.6) is 5.75 Å². The van der Waals surface area contributed by atoms with Gasteiger partial charge in [0.1, 0.15) is 5.75 Å². The van der Waals surface area contributed by atoms with E-state index in [9.17, 15) is 14.4 Å². The molecule has 0 fully saturated rings. The fourth-order valence-electron chi connectivity index (χ4n) is 2.00. The van der Waals surface area contributed by atoms with Crippen LogP contribution in [-0.4, -0.2) is 29.9 Å². The molecule has 6 nitrogen and oxygen atoms in total. The van der Waals surface area contributed by atoms with Crippen molar-refractivity contribution < 1.29 is 24.2 Å². The maximum absolute atomic E-state index is 12.0. The van der Waals surface area contributed by atoms with E-state index in [1.54, 1.807) is 36.4 Å². The van der Waals surface area contributed by atoms with Crippen molar-refractivity contribution >= 4 is 23.3 Å². The van der Waals surface area contributed by atoms with Gasteiger partial charge in [-0.05, 0) is 36.4 Å². The summed E-state index contributed by atoms with van der Waals surface area (Å²) in [5, 5.41) is 11.5. The number of hydrogen-bond donors (Lipinski definition) is 2. The van der Waals surface area contributed by atoms with Crippen LogP contribution in [0.1, 0.15) is 27.1 Å². The molecule has 2 aromatic carbocycles. The molecule has 0 aliphatic carbocycles. The van der Waals surface area contributed by atoms with E-state index in [1.165, 1.54) is 19.2 Å². The summed E-state index contributed by atoms with van der Waals surface area (Å²) in [6.45, 7) is 0.